The summed E-state index contributed by atoms with van der Waals surface area (Å²) in [5.41, 5.74) is 1.25. The molecular formula is C12H18N2O4. The lowest BCUT2D eigenvalue weighted by Crippen LogP contribution is -2.49. The summed E-state index contributed by atoms with van der Waals surface area (Å²) in [5, 5.41) is 18.6. The van der Waals surface area contributed by atoms with E-state index in [1.807, 2.05) is 13.0 Å². The highest BCUT2D eigenvalue weighted by Gasteiger charge is 2.40. The molecule has 0 unspecified atom stereocenters. The molecule has 6 nitrogen and oxygen atoms in total. The number of aliphatic hydroxyl groups is 1. The van der Waals surface area contributed by atoms with Crippen LogP contribution in [0.4, 0.5) is 4.79 Å². The summed E-state index contributed by atoms with van der Waals surface area (Å²) in [5.74, 6) is -1.05. The van der Waals surface area contributed by atoms with E-state index in [-0.39, 0.29) is 19.0 Å². The van der Waals surface area contributed by atoms with Crippen molar-refractivity contribution in [2.75, 3.05) is 19.6 Å². The van der Waals surface area contributed by atoms with Crippen LogP contribution < -0.4 is 0 Å². The van der Waals surface area contributed by atoms with Crippen LogP contribution >= 0.6 is 0 Å². The van der Waals surface area contributed by atoms with Crippen molar-refractivity contribution in [1.29, 1.82) is 0 Å². The highest BCUT2D eigenvalue weighted by atomic mass is 16.4. The maximum Gasteiger partial charge on any atom is 0.326 e. The number of carboxylic acid groups (broad SMARTS) is 1. The Morgan fingerprint density at radius 3 is 2.72 bits per heavy atom. The monoisotopic (exact) mass is 254 g/mol. The number of amides is 2. The second-order valence-electron chi connectivity index (χ2n) is 4.92. The molecule has 1 fully saturated rings. The number of urea groups is 1. The van der Waals surface area contributed by atoms with E-state index in [1.54, 1.807) is 4.90 Å². The smallest absolute Gasteiger partial charge is 0.326 e. The van der Waals surface area contributed by atoms with Crippen molar-refractivity contribution in [3.8, 4) is 0 Å². The molecule has 0 aliphatic carbocycles. The van der Waals surface area contributed by atoms with E-state index in [4.69, 9.17) is 5.11 Å². The third-order valence-electron chi connectivity index (χ3n) is 3.52. The van der Waals surface area contributed by atoms with Crippen LogP contribution in [-0.2, 0) is 4.79 Å². The minimum atomic E-state index is -1.05. The number of carboxylic acids is 1. The number of carbonyl (C=O) groups excluding carboxylic acids is 1. The minimum Gasteiger partial charge on any atom is -0.480 e. The third-order valence-corrected chi connectivity index (χ3v) is 3.52. The number of hydrogen-bond acceptors (Lipinski definition) is 3. The maximum atomic E-state index is 12.2. The zero-order valence-electron chi connectivity index (χ0n) is 10.4. The number of aliphatic hydroxyl groups excluding tert-OH is 1. The number of rotatable bonds is 1. The molecule has 1 saturated heterocycles. The average Bonchev–Trinajstić information content (AvgIpc) is 2.71. The lowest BCUT2D eigenvalue weighted by Gasteiger charge is -2.31. The van der Waals surface area contributed by atoms with Gasteiger partial charge in [-0.3, -0.25) is 0 Å². The fourth-order valence-corrected chi connectivity index (χ4v) is 2.39. The maximum absolute atomic E-state index is 12.2. The van der Waals surface area contributed by atoms with Crippen LogP contribution in [0.2, 0.25) is 0 Å². The van der Waals surface area contributed by atoms with E-state index in [0.717, 1.165) is 6.42 Å². The zero-order valence-corrected chi connectivity index (χ0v) is 10.4. The Balaban J connectivity index is 2.06. The molecule has 18 heavy (non-hydrogen) atoms. The average molecular weight is 254 g/mol. The number of aliphatic carboxylic acids is 1. The molecule has 0 aromatic carbocycles. The van der Waals surface area contributed by atoms with E-state index in [1.165, 1.54) is 10.5 Å². The first-order chi connectivity index (χ1) is 8.49. The number of nitrogens with zero attached hydrogens (tertiary/aromatic N) is 2. The van der Waals surface area contributed by atoms with Crippen molar-refractivity contribution < 1.29 is 19.8 Å². The van der Waals surface area contributed by atoms with Gasteiger partial charge < -0.3 is 20.0 Å². The van der Waals surface area contributed by atoms with Gasteiger partial charge in [-0.1, -0.05) is 11.6 Å². The largest absolute Gasteiger partial charge is 0.480 e. The molecule has 0 bridgehead atoms. The zero-order chi connectivity index (χ0) is 13.3. The highest BCUT2D eigenvalue weighted by molar-refractivity contribution is 5.83. The molecule has 2 heterocycles. The molecule has 6 heteroatoms. The number of carbonyl (C=O) groups is 2. The van der Waals surface area contributed by atoms with Crippen LogP contribution in [0.15, 0.2) is 11.6 Å². The summed E-state index contributed by atoms with van der Waals surface area (Å²) in [4.78, 5) is 26.2. The second kappa shape index (κ2) is 4.97. The standard InChI is InChI=1S/C12H18N2O4/c1-8-2-4-13(5-3-8)12(18)14-7-9(15)6-10(14)11(16)17/h2,9-10,15H,3-7H2,1H3,(H,16,17)/t9-,10-/m0/s1. The molecule has 2 rings (SSSR count). The molecule has 0 saturated carbocycles. The first-order valence-electron chi connectivity index (χ1n) is 6.11. The molecule has 100 valence electrons. The van der Waals surface area contributed by atoms with Crippen LogP contribution in [-0.4, -0.2) is 63.8 Å². The number of β-amino-alcohol motifs (C(OH)–C–C–N with tert-alkyl or cyclic N) is 1. The number of hydrogen-bond donors (Lipinski definition) is 2. The van der Waals surface area contributed by atoms with Crippen LogP contribution in [0.25, 0.3) is 0 Å². The first-order valence-corrected chi connectivity index (χ1v) is 6.11. The summed E-state index contributed by atoms with van der Waals surface area (Å²) < 4.78 is 0. The van der Waals surface area contributed by atoms with Crippen molar-refractivity contribution in [2.45, 2.75) is 31.9 Å². The van der Waals surface area contributed by atoms with Gasteiger partial charge in [-0.25, -0.2) is 9.59 Å². The lowest BCUT2D eigenvalue weighted by atomic mass is 10.1. The van der Waals surface area contributed by atoms with E-state index < -0.39 is 18.1 Å². The Hall–Kier alpha value is -1.56. The Bertz CT molecular complexity index is 394. The van der Waals surface area contributed by atoms with Gasteiger partial charge in [-0.05, 0) is 13.3 Å². The van der Waals surface area contributed by atoms with Gasteiger partial charge in [0.1, 0.15) is 6.04 Å². The van der Waals surface area contributed by atoms with Crippen molar-refractivity contribution in [3.05, 3.63) is 11.6 Å². The Morgan fingerprint density at radius 2 is 2.17 bits per heavy atom. The molecular weight excluding hydrogens is 236 g/mol. The van der Waals surface area contributed by atoms with Crippen LogP contribution in [0.5, 0.6) is 0 Å². The summed E-state index contributed by atoms with van der Waals surface area (Å²) >= 11 is 0. The van der Waals surface area contributed by atoms with E-state index in [2.05, 4.69) is 0 Å². The third kappa shape index (κ3) is 2.48. The second-order valence-corrected chi connectivity index (χ2v) is 4.92. The van der Waals surface area contributed by atoms with Gasteiger partial charge in [-0.2, -0.15) is 0 Å². The van der Waals surface area contributed by atoms with Crippen molar-refractivity contribution in [3.63, 3.8) is 0 Å². The summed E-state index contributed by atoms with van der Waals surface area (Å²) in [6, 6.07) is -1.19. The normalized spacial score (nSPS) is 28.2. The van der Waals surface area contributed by atoms with Gasteiger partial charge in [0.05, 0.1) is 6.10 Å². The topological polar surface area (TPSA) is 81.1 Å². The Labute approximate surface area is 105 Å². The van der Waals surface area contributed by atoms with Gasteiger partial charge in [0, 0.05) is 26.1 Å². The van der Waals surface area contributed by atoms with Crippen molar-refractivity contribution >= 4 is 12.0 Å². The lowest BCUT2D eigenvalue weighted by molar-refractivity contribution is -0.141. The van der Waals surface area contributed by atoms with E-state index >= 15 is 0 Å². The van der Waals surface area contributed by atoms with Gasteiger partial charge in [0.25, 0.3) is 0 Å². The molecule has 0 aromatic rings. The minimum absolute atomic E-state index is 0.106. The first kappa shape index (κ1) is 12.9. The predicted octanol–water partition coefficient (Wildman–Crippen LogP) is 0.278. The molecule has 2 amide bonds. The fraction of sp³-hybridized carbons (Fsp3) is 0.667. The summed E-state index contributed by atoms with van der Waals surface area (Å²) in [6.45, 7) is 3.25. The highest BCUT2D eigenvalue weighted by Crippen LogP contribution is 2.21. The van der Waals surface area contributed by atoms with Crippen molar-refractivity contribution in [1.82, 2.24) is 9.80 Å². The Morgan fingerprint density at radius 1 is 1.44 bits per heavy atom. The van der Waals surface area contributed by atoms with E-state index in [0.29, 0.717) is 13.1 Å². The van der Waals surface area contributed by atoms with E-state index in [9.17, 15) is 14.7 Å². The molecule has 2 N–H and O–H groups in total. The summed E-state index contributed by atoms with van der Waals surface area (Å²) in [6.07, 6.45) is 2.17. The van der Waals surface area contributed by atoms with Gasteiger partial charge in [0.2, 0.25) is 0 Å². The molecule has 2 atom stereocenters. The van der Waals surface area contributed by atoms with Crippen LogP contribution in [0, 0.1) is 0 Å². The SMILES string of the molecule is CC1=CCN(C(=O)N2C[C@@H](O)C[C@H]2C(=O)O)CC1. The van der Waals surface area contributed by atoms with Crippen LogP contribution in [0.1, 0.15) is 19.8 Å². The predicted molar refractivity (Wildman–Crippen MR) is 64.1 cm³/mol. The summed E-state index contributed by atoms with van der Waals surface area (Å²) in [7, 11) is 0. The molecule has 2 aliphatic heterocycles. The Kier molecular flexibility index (Phi) is 3.56. The quantitative estimate of drug-likeness (QED) is 0.658. The number of likely N-dealkylation sites (tertiary alicyclic amines) is 1. The van der Waals surface area contributed by atoms with Crippen LogP contribution in [0.3, 0.4) is 0 Å². The van der Waals surface area contributed by atoms with Gasteiger partial charge in [0.15, 0.2) is 0 Å². The molecule has 0 spiro atoms. The fourth-order valence-electron chi connectivity index (χ4n) is 2.39. The van der Waals surface area contributed by atoms with Gasteiger partial charge >= 0.3 is 12.0 Å². The molecule has 0 aromatic heterocycles. The molecule has 0 radical (unpaired) electrons. The van der Waals surface area contributed by atoms with Gasteiger partial charge in [-0.15, -0.1) is 0 Å². The molecule has 2 aliphatic rings. The van der Waals surface area contributed by atoms with Crippen molar-refractivity contribution in [2.24, 2.45) is 0 Å².